The number of hydrogen-bond donors (Lipinski definition) is 2. The van der Waals surface area contributed by atoms with Crippen LogP contribution in [0.3, 0.4) is 0 Å². The van der Waals surface area contributed by atoms with E-state index in [2.05, 4.69) is 10.3 Å². The van der Waals surface area contributed by atoms with E-state index in [0.717, 1.165) is 0 Å². The average molecular weight is 306 g/mol. The standard InChI is InChI=1S/C15H15FN2O4/c1-3-22-15(21)11-6-17-13-8(2)4-9(16)5-10(13)14(11)18-7-12(19)20/h4-6H,3,7H2,1-2H3,(H,17,18)(H,19,20). The molecule has 0 aliphatic heterocycles. The molecule has 0 saturated heterocycles. The molecule has 0 radical (unpaired) electrons. The summed E-state index contributed by atoms with van der Waals surface area (Å²) in [6.07, 6.45) is 1.30. The molecule has 6 nitrogen and oxygen atoms in total. The summed E-state index contributed by atoms with van der Waals surface area (Å²) in [5.74, 6) is -2.24. The summed E-state index contributed by atoms with van der Waals surface area (Å²) in [5.41, 5.74) is 1.35. The third-order valence-electron chi connectivity index (χ3n) is 3.04. The van der Waals surface area contributed by atoms with Gasteiger partial charge in [-0.15, -0.1) is 0 Å². The molecule has 0 amide bonds. The molecule has 116 valence electrons. The van der Waals surface area contributed by atoms with Gasteiger partial charge in [-0.1, -0.05) is 0 Å². The van der Waals surface area contributed by atoms with Crippen LogP contribution in [0.4, 0.5) is 10.1 Å². The van der Waals surface area contributed by atoms with Crippen LogP contribution in [0.2, 0.25) is 0 Å². The Hall–Kier alpha value is -2.70. The Morgan fingerprint density at radius 1 is 1.41 bits per heavy atom. The number of carboxylic acids is 1. The number of nitrogens with zero attached hydrogens (tertiary/aromatic N) is 1. The zero-order chi connectivity index (χ0) is 16.3. The Morgan fingerprint density at radius 2 is 2.14 bits per heavy atom. The lowest BCUT2D eigenvalue weighted by Crippen LogP contribution is -2.16. The van der Waals surface area contributed by atoms with Crippen molar-refractivity contribution in [2.24, 2.45) is 0 Å². The second kappa shape index (κ2) is 6.38. The van der Waals surface area contributed by atoms with Gasteiger partial charge in [-0.3, -0.25) is 9.78 Å². The van der Waals surface area contributed by atoms with Gasteiger partial charge in [-0.2, -0.15) is 0 Å². The SMILES string of the molecule is CCOC(=O)c1cnc2c(C)cc(F)cc2c1NCC(=O)O. The first-order valence-electron chi connectivity index (χ1n) is 6.65. The fourth-order valence-electron chi connectivity index (χ4n) is 2.15. The third kappa shape index (κ3) is 3.13. The zero-order valence-corrected chi connectivity index (χ0v) is 12.1. The van der Waals surface area contributed by atoms with Crippen molar-refractivity contribution < 1.29 is 23.8 Å². The number of hydrogen-bond acceptors (Lipinski definition) is 5. The highest BCUT2D eigenvalue weighted by Crippen LogP contribution is 2.29. The Bertz CT molecular complexity index is 746. The van der Waals surface area contributed by atoms with Crippen LogP contribution in [-0.2, 0) is 9.53 Å². The van der Waals surface area contributed by atoms with Crippen molar-refractivity contribution in [1.29, 1.82) is 0 Å². The molecule has 22 heavy (non-hydrogen) atoms. The Labute approximate surface area is 125 Å². The number of fused-ring (bicyclic) bond motifs is 1. The lowest BCUT2D eigenvalue weighted by molar-refractivity contribution is -0.134. The first-order chi connectivity index (χ1) is 10.4. The number of aryl methyl sites for hydroxylation is 1. The number of halogens is 1. The van der Waals surface area contributed by atoms with Crippen LogP contribution in [0, 0.1) is 12.7 Å². The number of rotatable bonds is 5. The first kappa shape index (κ1) is 15.7. The molecule has 0 spiro atoms. The highest BCUT2D eigenvalue weighted by Gasteiger charge is 2.18. The summed E-state index contributed by atoms with van der Waals surface area (Å²) in [4.78, 5) is 26.9. The van der Waals surface area contributed by atoms with Gasteiger partial charge in [0.15, 0.2) is 0 Å². The van der Waals surface area contributed by atoms with Gasteiger partial charge >= 0.3 is 11.9 Å². The molecule has 0 bridgehead atoms. The van der Waals surface area contributed by atoms with Crippen LogP contribution < -0.4 is 5.32 Å². The van der Waals surface area contributed by atoms with E-state index in [9.17, 15) is 14.0 Å². The van der Waals surface area contributed by atoms with Crippen LogP contribution in [-0.4, -0.2) is 35.2 Å². The lowest BCUT2D eigenvalue weighted by atomic mass is 10.1. The second-order valence-corrected chi connectivity index (χ2v) is 4.63. The van der Waals surface area contributed by atoms with Crippen molar-refractivity contribution >= 4 is 28.5 Å². The number of esters is 1. The molecule has 1 heterocycles. The number of carbonyl (C=O) groups excluding carboxylic acids is 1. The smallest absolute Gasteiger partial charge is 0.341 e. The summed E-state index contributed by atoms with van der Waals surface area (Å²) >= 11 is 0. The molecule has 0 saturated carbocycles. The number of benzene rings is 1. The van der Waals surface area contributed by atoms with Gasteiger partial charge in [0, 0.05) is 11.6 Å². The van der Waals surface area contributed by atoms with Crippen LogP contribution >= 0.6 is 0 Å². The van der Waals surface area contributed by atoms with Gasteiger partial charge in [-0.05, 0) is 31.5 Å². The van der Waals surface area contributed by atoms with E-state index < -0.39 is 24.3 Å². The maximum atomic E-state index is 13.7. The van der Waals surface area contributed by atoms with E-state index in [0.29, 0.717) is 16.5 Å². The molecular weight excluding hydrogens is 291 g/mol. The second-order valence-electron chi connectivity index (χ2n) is 4.63. The number of pyridine rings is 1. The van der Waals surface area contributed by atoms with Crippen molar-refractivity contribution in [3.05, 3.63) is 35.3 Å². The lowest BCUT2D eigenvalue weighted by Gasteiger charge is -2.14. The molecular formula is C15H15FN2O4. The van der Waals surface area contributed by atoms with Crippen LogP contribution in [0.25, 0.3) is 10.9 Å². The third-order valence-corrected chi connectivity index (χ3v) is 3.04. The fourth-order valence-corrected chi connectivity index (χ4v) is 2.15. The molecule has 2 rings (SSSR count). The quantitative estimate of drug-likeness (QED) is 0.824. The van der Waals surface area contributed by atoms with Gasteiger partial charge in [0.05, 0.1) is 17.8 Å². The van der Waals surface area contributed by atoms with E-state index >= 15 is 0 Å². The summed E-state index contributed by atoms with van der Waals surface area (Å²) < 4.78 is 18.6. The number of ether oxygens (including phenoxy) is 1. The number of aliphatic carboxylic acids is 1. The number of carboxylic acid groups (broad SMARTS) is 1. The van der Waals surface area contributed by atoms with E-state index in [1.165, 1.54) is 18.3 Å². The minimum atomic E-state index is -1.10. The molecule has 0 fully saturated rings. The van der Waals surface area contributed by atoms with Crippen molar-refractivity contribution in [3.8, 4) is 0 Å². The summed E-state index contributed by atoms with van der Waals surface area (Å²) in [6.45, 7) is 3.09. The van der Waals surface area contributed by atoms with Crippen molar-refractivity contribution in [1.82, 2.24) is 4.98 Å². The van der Waals surface area contributed by atoms with Crippen LogP contribution in [0.1, 0.15) is 22.8 Å². The Kier molecular flexibility index (Phi) is 4.55. The highest BCUT2D eigenvalue weighted by atomic mass is 19.1. The van der Waals surface area contributed by atoms with Crippen molar-refractivity contribution in [2.45, 2.75) is 13.8 Å². The van der Waals surface area contributed by atoms with Crippen LogP contribution in [0.5, 0.6) is 0 Å². The van der Waals surface area contributed by atoms with Gasteiger partial charge in [0.2, 0.25) is 0 Å². The minimum absolute atomic E-state index is 0.0700. The van der Waals surface area contributed by atoms with Gasteiger partial charge < -0.3 is 15.2 Å². The molecule has 7 heteroatoms. The van der Waals surface area contributed by atoms with Gasteiger partial charge in [0.1, 0.15) is 17.9 Å². The van der Waals surface area contributed by atoms with E-state index in [1.54, 1.807) is 13.8 Å². The van der Waals surface area contributed by atoms with Gasteiger partial charge in [-0.25, -0.2) is 9.18 Å². The number of carbonyl (C=O) groups is 2. The van der Waals surface area contributed by atoms with E-state index in [-0.39, 0.29) is 17.9 Å². The topological polar surface area (TPSA) is 88.5 Å². The Balaban J connectivity index is 2.66. The summed E-state index contributed by atoms with van der Waals surface area (Å²) in [5, 5.41) is 11.8. The predicted octanol–water partition coefficient (Wildman–Crippen LogP) is 2.36. The minimum Gasteiger partial charge on any atom is -0.480 e. The number of anilines is 1. The average Bonchev–Trinajstić information content (AvgIpc) is 2.44. The first-order valence-corrected chi connectivity index (χ1v) is 6.65. The summed E-state index contributed by atoms with van der Waals surface area (Å²) in [7, 11) is 0. The molecule has 2 N–H and O–H groups in total. The fraction of sp³-hybridized carbons (Fsp3) is 0.267. The van der Waals surface area contributed by atoms with Crippen LogP contribution in [0.15, 0.2) is 18.3 Å². The molecule has 2 aromatic rings. The van der Waals surface area contributed by atoms with Crippen molar-refractivity contribution in [3.63, 3.8) is 0 Å². The van der Waals surface area contributed by atoms with E-state index in [1.807, 2.05) is 0 Å². The normalized spacial score (nSPS) is 10.5. The number of nitrogens with one attached hydrogen (secondary N) is 1. The van der Waals surface area contributed by atoms with Gasteiger partial charge in [0.25, 0.3) is 0 Å². The molecule has 1 aromatic carbocycles. The number of aromatic nitrogens is 1. The molecule has 0 atom stereocenters. The zero-order valence-electron chi connectivity index (χ0n) is 12.1. The highest BCUT2D eigenvalue weighted by molar-refractivity contribution is 6.06. The molecule has 1 aromatic heterocycles. The van der Waals surface area contributed by atoms with E-state index in [4.69, 9.17) is 9.84 Å². The predicted molar refractivity (Wildman–Crippen MR) is 78.5 cm³/mol. The molecule has 0 aliphatic carbocycles. The molecule has 0 aliphatic rings. The Morgan fingerprint density at radius 3 is 2.77 bits per heavy atom. The monoisotopic (exact) mass is 306 g/mol. The summed E-state index contributed by atoms with van der Waals surface area (Å²) in [6, 6.07) is 2.53. The largest absolute Gasteiger partial charge is 0.480 e. The maximum absolute atomic E-state index is 13.7. The molecule has 0 unspecified atom stereocenters. The van der Waals surface area contributed by atoms with Crippen molar-refractivity contribution in [2.75, 3.05) is 18.5 Å². The maximum Gasteiger partial charge on any atom is 0.341 e.